The van der Waals surface area contributed by atoms with E-state index in [1.165, 1.54) is 12.1 Å². The van der Waals surface area contributed by atoms with E-state index >= 15 is 0 Å². The van der Waals surface area contributed by atoms with Crippen molar-refractivity contribution in [1.82, 2.24) is 5.32 Å². The Bertz CT molecular complexity index is 700. The van der Waals surface area contributed by atoms with Gasteiger partial charge in [-0.15, -0.1) is 0 Å². The van der Waals surface area contributed by atoms with Gasteiger partial charge in [0.25, 0.3) is 5.91 Å². The maximum absolute atomic E-state index is 13.8. The highest BCUT2D eigenvalue weighted by Crippen LogP contribution is 2.30. The monoisotopic (exact) mass is 274 g/mol. The quantitative estimate of drug-likeness (QED) is 0.838. The van der Waals surface area contributed by atoms with Gasteiger partial charge < -0.3 is 10.6 Å². The van der Waals surface area contributed by atoms with Crippen LogP contribution in [0.15, 0.2) is 36.4 Å². The van der Waals surface area contributed by atoms with Gasteiger partial charge in [0.1, 0.15) is 17.8 Å². The van der Waals surface area contributed by atoms with Crippen molar-refractivity contribution in [3.63, 3.8) is 0 Å². The second kappa shape index (κ2) is 4.59. The molecule has 3 rings (SSSR count). The molecule has 2 N–H and O–H groups in total. The van der Waals surface area contributed by atoms with Crippen molar-refractivity contribution in [2.24, 2.45) is 0 Å². The zero-order chi connectivity index (χ0) is 14.3. The summed E-state index contributed by atoms with van der Waals surface area (Å²) < 4.78 is 26.8. The van der Waals surface area contributed by atoms with Crippen LogP contribution >= 0.6 is 0 Å². The molecule has 0 radical (unpaired) electrons. The molecule has 0 fully saturated rings. The van der Waals surface area contributed by atoms with Crippen LogP contribution in [0.3, 0.4) is 0 Å². The largest absolute Gasteiger partial charge is 0.361 e. The van der Waals surface area contributed by atoms with E-state index < -0.39 is 17.8 Å². The summed E-state index contributed by atoms with van der Waals surface area (Å²) in [6, 6.07) is 8.64. The Balaban J connectivity index is 2.03. The number of nitrogens with one attached hydrogen (secondary N) is 2. The van der Waals surface area contributed by atoms with Crippen LogP contribution in [0.4, 0.5) is 14.5 Å². The highest BCUT2D eigenvalue weighted by molar-refractivity contribution is 6.02. The van der Waals surface area contributed by atoms with Crippen molar-refractivity contribution >= 4 is 11.6 Å². The summed E-state index contributed by atoms with van der Waals surface area (Å²) in [5, 5.41) is 5.74. The molecule has 1 unspecified atom stereocenters. The van der Waals surface area contributed by atoms with Gasteiger partial charge in [-0.1, -0.05) is 12.1 Å². The van der Waals surface area contributed by atoms with Crippen molar-refractivity contribution in [3.05, 3.63) is 64.7 Å². The number of para-hydroxylation sites is 1. The third kappa shape index (κ3) is 2.01. The number of aryl methyl sites for hydroxylation is 1. The molecule has 2 aromatic rings. The minimum Gasteiger partial charge on any atom is -0.361 e. The highest BCUT2D eigenvalue weighted by atomic mass is 19.1. The maximum atomic E-state index is 13.8. The molecule has 1 aliphatic heterocycles. The Morgan fingerprint density at radius 3 is 2.65 bits per heavy atom. The first kappa shape index (κ1) is 12.6. The Kier molecular flexibility index (Phi) is 2.89. The van der Waals surface area contributed by atoms with Gasteiger partial charge in [-0.3, -0.25) is 4.79 Å². The third-order valence-electron chi connectivity index (χ3n) is 3.36. The smallest absolute Gasteiger partial charge is 0.255 e. The molecule has 20 heavy (non-hydrogen) atoms. The molecule has 2 aromatic carbocycles. The number of anilines is 1. The molecule has 0 spiro atoms. The minimum absolute atomic E-state index is 0.202. The number of halogens is 2. The molecule has 0 aliphatic carbocycles. The van der Waals surface area contributed by atoms with E-state index in [0.717, 1.165) is 11.6 Å². The molecule has 0 saturated carbocycles. The number of hydrogen-bond donors (Lipinski definition) is 2. The van der Waals surface area contributed by atoms with Crippen molar-refractivity contribution in [2.45, 2.75) is 13.1 Å². The number of fused-ring (bicyclic) bond motifs is 1. The molecule has 3 nitrogen and oxygen atoms in total. The topological polar surface area (TPSA) is 41.1 Å². The van der Waals surface area contributed by atoms with Crippen LogP contribution in [0.25, 0.3) is 0 Å². The van der Waals surface area contributed by atoms with E-state index in [-0.39, 0.29) is 11.5 Å². The van der Waals surface area contributed by atoms with Gasteiger partial charge in [-0.05, 0) is 30.7 Å². The Morgan fingerprint density at radius 1 is 1.10 bits per heavy atom. The molecular formula is C15H12F2N2O. The molecule has 0 bridgehead atoms. The zero-order valence-electron chi connectivity index (χ0n) is 10.7. The summed E-state index contributed by atoms with van der Waals surface area (Å²) in [7, 11) is 0. The van der Waals surface area contributed by atoms with Gasteiger partial charge in [-0.2, -0.15) is 0 Å². The maximum Gasteiger partial charge on any atom is 0.255 e. The molecule has 0 saturated heterocycles. The van der Waals surface area contributed by atoms with Crippen molar-refractivity contribution in [3.8, 4) is 0 Å². The van der Waals surface area contributed by atoms with Crippen LogP contribution in [-0.4, -0.2) is 5.91 Å². The van der Waals surface area contributed by atoms with E-state index in [9.17, 15) is 13.6 Å². The lowest BCUT2D eigenvalue weighted by atomic mass is 10.0. The number of benzene rings is 2. The van der Waals surface area contributed by atoms with Gasteiger partial charge in [0.15, 0.2) is 0 Å². The summed E-state index contributed by atoms with van der Waals surface area (Å²) in [6.07, 6.45) is -0.711. The molecular weight excluding hydrogens is 262 g/mol. The number of amides is 1. The van der Waals surface area contributed by atoms with Crippen LogP contribution < -0.4 is 10.6 Å². The highest BCUT2D eigenvalue weighted by Gasteiger charge is 2.27. The molecule has 1 amide bonds. The van der Waals surface area contributed by atoms with Crippen LogP contribution in [0.1, 0.15) is 27.7 Å². The van der Waals surface area contributed by atoms with Crippen LogP contribution in [0.2, 0.25) is 0 Å². The minimum atomic E-state index is -0.711. The van der Waals surface area contributed by atoms with Crippen molar-refractivity contribution < 1.29 is 13.6 Å². The fourth-order valence-corrected chi connectivity index (χ4v) is 2.33. The SMILES string of the molecule is Cc1cccc2c1NC(c1ccc(F)cc1F)NC2=O. The van der Waals surface area contributed by atoms with Gasteiger partial charge in [-0.25, -0.2) is 8.78 Å². The summed E-state index contributed by atoms with van der Waals surface area (Å²) in [5.41, 5.74) is 2.28. The second-order valence-corrected chi connectivity index (χ2v) is 4.71. The van der Waals surface area contributed by atoms with E-state index in [1.54, 1.807) is 12.1 Å². The molecule has 1 atom stereocenters. The summed E-state index contributed by atoms with van der Waals surface area (Å²) in [5.74, 6) is -1.62. The molecule has 1 heterocycles. The summed E-state index contributed by atoms with van der Waals surface area (Å²) in [4.78, 5) is 12.1. The predicted octanol–water partition coefficient (Wildman–Crippen LogP) is 3.13. The Labute approximate surface area is 114 Å². The standard InChI is InChI=1S/C15H12F2N2O/c1-8-3-2-4-11-13(8)18-14(19-15(11)20)10-6-5-9(16)7-12(10)17/h2-7,14,18H,1H3,(H,19,20). The number of rotatable bonds is 1. The van der Waals surface area contributed by atoms with E-state index in [1.807, 2.05) is 13.0 Å². The normalized spacial score (nSPS) is 17.1. The first-order chi connectivity index (χ1) is 9.56. The Morgan fingerprint density at radius 2 is 1.90 bits per heavy atom. The van der Waals surface area contributed by atoms with E-state index in [2.05, 4.69) is 10.6 Å². The molecule has 5 heteroatoms. The second-order valence-electron chi connectivity index (χ2n) is 4.71. The predicted molar refractivity (Wildman–Crippen MR) is 71.4 cm³/mol. The lowest BCUT2D eigenvalue weighted by Gasteiger charge is -2.29. The summed E-state index contributed by atoms with van der Waals surface area (Å²) >= 11 is 0. The number of carbonyl (C=O) groups is 1. The van der Waals surface area contributed by atoms with Crippen LogP contribution in [0.5, 0.6) is 0 Å². The average Bonchev–Trinajstić information content (AvgIpc) is 2.40. The van der Waals surface area contributed by atoms with Gasteiger partial charge in [0.2, 0.25) is 0 Å². The molecule has 102 valence electrons. The molecule has 1 aliphatic rings. The fraction of sp³-hybridized carbons (Fsp3) is 0.133. The van der Waals surface area contributed by atoms with Crippen molar-refractivity contribution in [1.29, 1.82) is 0 Å². The lowest BCUT2D eigenvalue weighted by Crippen LogP contribution is -2.39. The van der Waals surface area contributed by atoms with E-state index in [4.69, 9.17) is 0 Å². The van der Waals surface area contributed by atoms with Crippen molar-refractivity contribution in [2.75, 3.05) is 5.32 Å². The zero-order valence-corrected chi connectivity index (χ0v) is 10.7. The molecule has 0 aromatic heterocycles. The number of carbonyl (C=O) groups excluding carboxylic acids is 1. The van der Waals surface area contributed by atoms with Gasteiger partial charge in [0.05, 0.1) is 11.3 Å². The first-order valence-electron chi connectivity index (χ1n) is 6.18. The van der Waals surface area contributed by atoms with Crippen LogP contribution in [0, 0.1) is 18.6 Å². The van der Waals surface area contributed by atoms with E-state index in [0.29, 0.717) is 11.3 Å². The Hall–Kier alpha value is -2.43. The lowest BCUT2D eigenvalue weighted by molar-refractivity contribution is 0.0935. The fourth-order valence-electron chi connectivity index (χ4n) is 2.33. The summed E-state index contributed by atoms with van der Waals surface area (Å²) in [6.45, 7) is 1.86. The van der Waals surface area contributed by atoms with Gasteiger partial charge >= 0.3 is 0 Å². The third-order valence-corrected chi connectivity index (χ3v) is 3.36. The van der Waals surface area contributed by atoms with Gasteiger partial charge in [0, 0.05) is 11.6 Å². The number of hydrogen-bond acceptors (Lipinski definition) is 2. The average molecular weight is 274 g/mol. The first-order valence-corrected chi connectivity index (χ1v) is 6.18. The van der Waals surface area contributed by atoms with Crippen LogP contribution in [-0.2, 0) is 0 Å².